The summed E-state index contributed by atoms with van der Waals surface area (Å²) >= 11 is 0. The van der Waals surface area contributed by atoms with Gasteiger partial charge in [-0.25, -0.2) is 19.6 Å². The normalized spacial score (nSPS) is 14.1. The van der Waals surface area contributed by atoms with Gasteiger partial charge in [0.15, 0.2) is 17.9 Å². The third-order valence-corrected chi connectivity index (χ3v) is 1.79. The minimum absolute atomic E-state index is 0.347. The van der Waals surface area contributed by atoms with Crippen LogP contribution in [0.1, 0.15) is 0 Å². The number of nitrogens with zero attached hydrogens (tertiary/aromatic N) is 7. The second-order valence-corrected chi connectivity index (χ2v) is 2.71. The summed E-state index contributed by atoms with van der Waals surface area (Å²) in [6.07, 6.45) is 3.97. The Balaban J connectivity index is 2.02. The van der Waals surface area contributed by atoms with Gasteiger partial charge in [0.2, 0.25) is 5.82 Å². The van der Waals surface area contributed by atoms with E-state index in [0.29, 0.717) is 17.3 Å². The molecule has 0 atom stereocenters. The highest BCUT2D eigenvalue weighted by atomic mass is 16.6. The van der Waals surface area contributed by atoms with Crippen molar-refractivity contribution in [3.63, 3.8) is 0 Å². The lowest BCUT2D eigenvalue weighted by Gasteiger charge is -2.05. The zero-order valence-electron chi connectivity index (χ0n) is 7.76. The molecule has 0 saturated carbocycles. The first-order valence-electron chi connectivity index (χ1n) is 4.20. The molecule has 0 aromatic carbocycles. The molecule has 0 N–H and O–H groups in total. The van der Waals surface area contributed by atoms with Gasteiger partial charge in [0.25, 0.3) is 6.73 Å². The summed E-state index contributed by atoms with van der Waals surface area (Å²) in [5, 5.41) is 12.6. The van der Waals surface area contributed by atoms with Gasteiger partial charge < -0.3 is 4.74 Å². The average Bonchev–Trinajstić information content (AvgIpc) is 3.01. The fourth-order valence-corrected chi connectivity index (χ4v) is 1.13. The molecule has 0 amide bonds. The van der Waals surface area contributed by atoms with E-state index in [-0.39, 0.29) is 0 Å². The second-order valence-electron chi connectivity index (χ2n) is 2.71. The Morgan fingerprint density at radius 2 is 2.00 bits per heavy atom. The highest BCUT2D eigenvalue weighted by molar-refractivity contribution is 5.68. The van der Waals surface area contributed by atoms with Crippen molar-refractivity contribution in [3.05, 3.63) is 19.4 Å². The highest BCUT2D eigenvalue weighted by Crippen LogP contribution is 2.26. The lowest BCUT2D eigenvalue weighted by atomic mass is 10.4. The molecule has 3 heterocycles. The lowest BCUT2D eigenvalue weighted by Crippen LogP contribution is -2.09. The van der Waals surface area contributed by atoms with Crippen molar-refractivity contribution in [1.29, 1.82) is 0 Å². The molecule has 0 bridgehead atoms. The van der Waals surface area contributed by atoms with E-state index in [1.165, 1.54) is 30.8 Å². The summed E-state index contributed by atoms with van der Waals surface area (Å²) in [5.74, 6) is 0.696. The molecule has 1 aliphatic rings. The van der Waals surface area contributed by atoms with E-state index in [1.54, 1.807) is 0 Å². The van der Waals surface area contributed by atoms with Crippen LogP contribution < -0.4 is 5.01 Å². The fraction of sp³-hybridized carbons (Fsp3) is 0. The Morgan fingerprint density at radius 1 is 1.12 bits per heavy atom. The molecular formula is C7H4N7O2. The van der Waals surface area contributed by atoms with Crippen LogP contribution in [0.5, 0.6) is 0 Å². The summed E-state index contributed by atoms with van der Waals surface area (Å²) in [4.78, 5) is 11.6. The van der Waals surface area contributed by atoms with E-state index >= 15 is 0 Å². The molecule has 0 spiro atoms. The van der Waals surface area contributed by atoms with Gasteiger partial charge >= 0.3 is 0 Å². The van der Waals surface area contributed by atoms with Crippen molar-refractivity contribution in [3.8, 4) is 11.5 Å². The maximum Gasteiger partial charge on any atom is 0.252 e. The molecule has 0 unspecified atom stereocenters. The van der Waals surface area contributed by atoms with Gasteiger partial charge in [-0.05, 0) is 10.3 Å². The SMILES string of the molecule is [CH]1OC=NN1c1nonc1-c1ncncn1. The average molecular weight is 218 g/mol. The summed E-state index contributed by atoms with van der Waals surface area (Å²) in [6, 6.07) is 0. The summed E-state index contributed by atoms with van der Waals surface area (Å²) in [5.41, 5.74) is 0.362. The van der Waals surface area contributed by atoms with Crippen LogP contribution in [0.15, 0.2) is 22.4 Å². The van der Waals surface area contributed by atoms with Gasteiger partial charge in [0.05, 0.1) is 0 Å². The summed E-state index contributed by atoms with van der Waals surface area (Å²) in [6.45, 7) is 1.35. The number of rotatable bonds is 2. The minimum Gasteiger partial charge on any atom is -0.450 e. The Kier molecular flexibility index (Phi) is 1.92. The van der Waals surface area contributed by atoms with E-state index in [1.807, 2.05) is 0 Å². The molecule has 2 aromatic heterocycles. The Morgan fingerprint density at radius 3 is 2.75 bits per heavy atom. The van der Waals surface area contributed by atoms with Crippen molar-refractivity contribution in [2.24, 2.45) is 5.10 Å². The molecule has 9 heteroatoms. The first-order chi connectivity index (χ1) is 7.95. The highest BCUT2D eigenvalue weighted by Gasteiger charge is 2.23. The zero-order valence-corrected chi connectivity index (χ0v) is 7.76. The van der Waals surface area contributed by atoms with Crippen molar-refractivity contribution in [2.75, 3.05) is 5.01 Å². The molecule has 0 fully saturated rings. The van der Waals surface area contributed by atoms with E-state index in [0.717, 1.165) is 0 Å². The van der Waals surface area contributed by atoms with Crippen molar-refractivity contribution in [2.45, 2.75) is 0 Å². The van der Waals surface area contributed by atoms with Crippen LogP contribution in [0.25, 0.3) is 11.5 Å². The van der Waals surface area contributed by atoms with Crippen LogP contribution in [0.3, 0.4) is 0 Å². The Bertz CT molecular complexity index is 510. The Hall–Kier alpha value is -2.58. The predicted octanol–water partition coefficient (Wildman–Crippen LogP) is -0.179. The number of ether oxygens (including phenoxy) is 1. The molecule has 16 heavy (non-hydrogen) atoms. The fourth-order valence-electron chi connectivity index (χ4n) is 1.13. The van der Waals surface area contributed by atoms with E-state index in [9.17, 15) is 0 Å². The van der Waals surface area contributed by atoms with Crippen molar-refractivity contribution < 1.29 is 9.37 Å². The monoisotopic (exact) mass is 218 g/mol. The maximum atomic E-state index is 4.82. The molecule has 0 aliphatic carbocycles. The van der Waals surface area contributed by atoms with Gasteiger partial charge in [-0.3, -0.25) is 0 Å². The van der Waals surface area contributed by atoms with Crippen molar-refractivity contribution in [1.82, 2.24) is 25.3 Å². The molecule has 79 valence electrons. The number of hydrogen-bond acceptors (Lipinski definition) is 9. The molecule has 1 aliphatic heterocycles. The predicted molar refractivity (Wildman–Crippen MR) is 49.5 cm³/mol. The number of anilines is 1. The standard InChI is InChI=1S/C7H4N7O2/c1-8-2-10-6(9-1)5-7(13-16-12-5)14-4-15-3-11-14/h1-4H. The smallest absolute Gasteiger partial charge is 0.252 e. The molecule has 1 radical (unpaired) electrons. The molecule has 2 aromatic rings. The van der Waals surface area contributed by atoms with E-state index in [4.69, 9.17) is 4.74 Å². The van der Waals surface area contributed by atoms with Crippen LogP contribution >= 0.6 is 0 Å². The van der Waals surface area contributed by atoms with Crippen LogP contribution in [0.4, 0.5) is 5.82 Å². The van der Waals surface area contributed by atoms with Gasteiger partial charge in [0.1, 0.15) is 12.7 Å². The first-order valence-corrected chi connectivity index (χ1v) is 4.20. The largest absolute Gasteiger partial charge is 0.450 e. The molecule has 9 nitrogen and oxygen atoms in total. The van der Waals surface area contributed by atoms with Crippen LogP contribution in [-0.2, 0) is 4.74 Å². The quantitative estimate of drug-likeness (QED) is 0.683. The third kappa shape index (κ3) is 1.34. The zero-order chi connectivity index (χ0) is 10.8. The van der Waals surface area contributed by atoms with Gasteiger partial charge in [-0.2, -0.15) is 5.01 Å². The second kappa shape index (κ2) is 3.53. The molecular weight excluding hydrogens is 214 g/mol. The minimum atomic E-state index is 0.347. The van der Waals surface area contributed by atoms with E-state index < -0.39 is 0 Å². The first kappa shape index (κ1) is 8.71. The van der Waals surface area contributed by atoms with Crippen molar-refractivity contribution >= 4 is 12.2 Å². The van der Waals surface area contributed by atoms with Gasteiger partial charge in [-0.15, -0.1) is 5.10 Å². The maximum absolute atomic E-state index is 4.82. The summed E-state index contributed by atoms with van der Waals surface area (Å²) < 4.78 is 9.44. The van der Waals surface area contributed by atoms with Crippen LogP contribution in [0.2, 0.25) is 0 Å². The summed E-state index contributed by atoms with van der Waals surface area (Å²) in [7, 11) is 0. The Labute approximate surface area is 88.7 Å². The van der Waals surface area contributed by atoms with Crippen LogP contribution in [0, 0.1) is 6.73 Å². The van der Waals surface area contributed by atoms with Gasteiger partial charge in [0, 0.05) is 0 Å². The third-order valence-electron chi connectivity index (χ3n) is 1.79. The number of hydrogen-bond donors (Lipinski definition) is 0. The number of hydrazone groups is 1. The van der Waals surface area contributed by atoms with Gasteiger partial charge in [-0.1, -0.05) is 0 Å². The molecule has 0 saturated heterocycles. The van der Waals surface area contributed by atoms with Crippen LogP contribution in [-0.4, -0.2) is 31.7 Å². The lowest BCUT2D eigenvalue weighted by molar-refractivity contribution is 0.308. The topological polar surface area (TPSA) is 102 Å². The molecule has 3 rings (SSSR count). The number of aromatic nitrogens is 5. The van der Waals surface area contributed by atoms with E-state index in [2.05, 4.69) is 35.0 Å².